The van der Waals surface area contributed by atoms with Gasteiger partial charge in [0.2, 0.25) is 5.91 Å². The molecule has 0 unspecified atom stereocenters. The number of hydrogen-bond acceptors (Lipinski definition) is 3. The normalized spacial score (nSPS) is 10.6. The van der Waals surface area contributed by atoms with Crippen molar-refractivity contribution < 1.29 is 4.79 Å². The molecule has 0 aliphatic heterocycles. The fourth-order valence-electron chi connectivity index (χ4n) is 1.83. The Morgan fingerprint density at radius 3 is 2.83 bits per heavy atom. The number of nitrogen functional groups attached to an aromatic ring is 1. The summed E-state index contributed by atoms with van der Waals surface area (Å²) in [5.41, 5.74) is 7.82. The SMILES string of the molecule is CNC(=O)CCN(C)CCCc1cccc(N)c1. The minimum Gasteiger partial charge on any atom is -0.399 e. The molecule has 1 aromatic carbocycles. The monoisotopic (exact) mass is 249 g/mol. The summed E-state index contributed by atoms with van der Waals surface area (Å²) in [4.78, 5) is 13.3. The zero-order valence-electron chi connectivity index (χ0n) is 11.3. The van der Waals surface area contributed by atoms with E-state index in [1.165, 1.54) is 5.56 Å². The first-order valence-corrected chi connectivity index (χ1v) is 6.35. The Morgan fingerprint density at radius 1 is 1.39 bits per heavy atom. The van der Waals surface area contributed by atoms with Crippen LogP contribution in [0.25, 0.3) is 0 Å². The molecule has 0 radical (unpaired) electrons. The Balaban J connectivity index is 2.19. The molecule has 3 N–H and O–H groups in total. The van der Waals surface area contributed by atoms with Gasteiger partial charge in [0.15, 0.2) is 0 Å². The first kappa shape index (κ1) is 14.5. The number of amides is 1. The van der Waals surface area contributed by atoms with E-state index in [1.807, 2.05) is 25.2 Å². The van der Waals surface area contributed by atoms with Crippen molar-refractivity contribution in [1.29, 1.82) is 0 Å². The molecule has 100 valence electrons. The second-order valence-electron chi connectivity index (χ2n) is 4.58. The van der Waals surface area contributed by atoms with E-state index in [9.17, 15) is 4.79 Å². The Labute approximate surface area is 109 Å². The fraction of sp³-hybridized carbons (Fsp3) is 0.500. The molecule has 0 aromatic heterocycles. The average molecular weight is 249 g/mol. The van der Waals surface area contributed by atoms with E-state index in [1.54, 1.807) is 7.05 Å². The van der Waals surface area contributed by atoms with Crippen molar-refractivity contribution in [2.75, 3.05) is 32.9 Å². The lowest BCUT2D eigenvalue weighted by Crippen LogP contribution is -2.27. The van der Waals surface area contributed by atoms with E-state index < -0.39 is 0 Å². The number of carbonyl (C=O) groups is 1. The summed E-state index contributed by atoms with van der Waals surface area (Å²) in [7, 11) is 3.71. The van der Waals surface area contributed by atoms with Crippen molar-refractivity contribution in [3.8, 4) is 0 Å². The first-order chi connectivity index (χ1) is 8.61. The van der Waals surface area contributed by atoms with Gasteiger partial charge < -0.3 is 16.0 Å². The van der Waals surface area contributed by atoms with Gasteiger partial charge in [0.05, 0.1) is 0 Å². The zero-order valence-corrected chi connectivity index (χ0v) is 11.3. The highest BCUT2D eigenvalue weighted by Gasteiger charge is 2.02. The summed E-state index contributed by atoms with van der Waals surface area (Å²) in [6.45, 7) is 1.79. The lowest BCUT2D eigenvalue weighted by atomic mass is 10.1. The Morgan fingerprint density at radius 2 is 2.17 bits per heavy atom. The molecular formula is C14H23N3O. The number of aryl methyl sites for hydroxylation is 1. The van der Waals surface area contributed by atoms with E-state index in [2.05, 4.69) is 16.3 Å². The smallest absolute Gasteiger partial charge is 0.221 e. The van der Waals surface area contributed by atoms with Gasteiger partial charge in [0.1, 0.15) is 0 Å². The van der Waals surface area contributed by atoms with Crippen LogP contribution in [-0.2, 0) is 11.2 Å². The summed E-state index contributed by atoms with van der Waals surface area (Å²) in [6.07, 6.45) is 2.66. The van der Waals surface area contributed by atoms with E-state index in [4.69, 9.17) is 5.73 Å². The number of benzene rings is 1. The van der Waals surface area contributed by atoms with Crippen LogP contribution in [0.3, 0.4) is 0 Å². The number of hydrogen-bond donors (Lipinski definition) is 2. The van der Waals surface area contributed by atoms with Crippen LogP contribution < -0.4 is 11.1 Å². The molecule has 0 saturated heterocycles. The summed E-state index contributed by atoms with van der Waals surface area (Å²) in [5, 5.41) is 2.63. The molecule has 1 amide bonds. The molecule has 4 heteroatoms. The van der Waals surface area contributed by atoms with Gasteiger partial charge in [-0.3, -0.25) is 4.79 Å². The van der Waals surface area contributed by atoms with Gasteiger partial charge in [-0.05, 0) is 44.1 Å². The van der Waals surface area contributed by atoms with Gasteiger partial charge in [-0.15, -0.1) is 0 Å². The first-order valence-electron chi connectivity index (χ1n) is 6.35. The average Bonchev–Trinajstić information content (AvgIpc) is 2.36. The Hall–Kier alpha value is -1.55. The van der Waals surface area contributed by atoms with Crippen molar-refractivity contribution in [3.05, 3.63) is 29.8 Å². The van der Waals surface area contributed by atoms with Crippen molar-refractivity contribution in [1.82, 2.24) is 10.2 Å². The Kier molecular flexibility index (Phi) is 6.22. The molecule has 0 aliphatic rings. The second-order valence-corrected chi connectivity index (χ2v) is 4.58. The third-order valence-electron chi connectivity index (χ3n) is 2.96. The number of carbonyl (C=O) groups excluding carboxylic acids is 1. The van der Waals surface area contributed by atoms with E-state index in [-0.39, 0.29) is 5.91 Å². The van der Waals surface area contributed by atoms with Crippen molar-refractivity contribution in [2.24, 2.45) is 0 Å². The highest BCUT2D eigenvalue weighted by molar-refractivity contribution is 5.75. The number of nitrogens with zero attached hydrogens (tertiary/aromatic N) is 1. The topological polar surface area (TPSA) is 58.4 Å². The quantitative estimate of drug-likeness (QED) is 0.715. The molecule has 18 heavy (non-hydrogen) atoms. The van der Waals surface area contributed by atoms with Gasteiger partial charge in [-0.1, -0.05) is 12.1 Å². The second kappa shape index (κ2) is 7.71. The molecular weight excluding hydrogens is 226 g/mol. The molecule has 0 heterocycles. The van der Waals surface area contributed by atoms with Crippen LogP contribution in [0.1, 0.15) is 18.4 Å². The lowest BCUT2D eigenvalue weighted by Gasteiger charge is -2.15. The van der Waals surface area contributed by atoms with Crippen LogP contribution in [0.5, 0.6) is 0 Å². The Bertz CT molecular complexity index is 379. The van der Waals surface area contributed by atoms with Gasteiger partial charge in [0, 0.05) is 25.7 Å². The maximum absolute atomic E-state index is 11.1. The summed E-state index contributed by atoms with van der Waals surface area (Å²) >= 11 is 0. The molecule has 0 spiro atoms. The summed E-state index contributed by atoms with van der Waals surface area (Å²) in [6, 6.07) is 8.00. The highest BCUT2D eigenvalue weighted by Crippen LogP contribution is 2.08. The molecule has 0 aliphatic carbocycles. The van der Waals surface area contributed by atoms with E-state index in [0.717, 1.165) is 31.6 Å². The minimum atomic E-state index is 0.0951. The van der Waals surface area contributed by atoms with Crippen molar-refractivity contribution in [3.63, 3.8) is 0 Å². The molecule has 0 atom stereocenters. The van der Waals surface area contributed by atoms with E-state index in [0.29, 0.717) is 6.42 Å². The van der Waals surface area contributed by atoms with Gasteiger partial charge >= 0.3 is 0 Å². The maximum atomic E-state index is 11.1. The number of rotatable bonds is 7. The van der Waals surface area contributed by atoms with Crippen LogP contribution in [0, 0.1) is 0 Å². The van der Waals surface area contributed by atoms with Gasteiger partial charge in [-0.2, -0.15) is 0 Å². The van der Waals surface area contributed by atoms with Crippen LogP contribution in [0.4, 0.5) is 5.69 Å². The van der Waals surface area contributed by atoms with Gasteiger partial charge in [0.25, 0.3) is 0 Å². The standard InChI is InChI=1S/C14H23N3O/c1-16-14(18)8-10-17(2)9-4-6-12-5-3-7-13(15)11-12/h3,5,7,11H,4,6,8-10,15H2,1-2H3,(H,16,18). The minimum absolute atomic E-state index is 0.0951. The van der Waals surface area contributed by atoms with Crippen molar-refractivity contribution >= 4 is 11.6 Å². The largest absolute Gasteiger partial charge is 0.399 e. The van der Waals surface area contributed by atoms with Crippen LogP contribution in [0.2, 0.25) is 0 Å². The molecule has 0 saturated carbocycles. The van der Waals surface area contributed by atoms with Crippen LogP contribution in [-0.4, -0.2) is 38.0 Å². The molecule has 4 nitrogen and oxygen atoms in total. The molecule has 0 bridgehead atoms. The maximum Gasteiger partial charge on any atom is 0.221 e. The molecule has 1 aromatic rings. The van der Waals surface area contributed by atoms with Crippen LogP contribution in [0.15, 0.2) is 24.3 Å². The number of anilines is 1. The predicted molar refractivity (Wildman–Crippen MR) is 75.4 cm³/mol. The number of nitrogens with two attached hydrogens (primary N) is 1. The zero-order chi connectivity index (χ0) is 13.4. The van der Waals surface area contributed by atoms with Crippen LogP contribution >= 0.6 is 0 Å². The molecule has 0 fully saturated rings. The molecule has 1 rings (SSSR count). The van der Waals surface area contributed by atoms with Crippen molar-refractivity contribution in [2.45, 2.75) is 19.3 Å². The highest BCUT2D eigenvalue weighted by atomic mass is 16.1. The van der Waals surface area contributed by atoms with E-state index >= 15 is 0 Å². The van der Waals surface area contributed by atoms with Gasteiger partial charge in [-0.25, -0.2) is 0 Å². The summed E-state index contributed by atoms with van der Waals surface area (Å²) < 4.78 is 0. The number of nitrogens with one attached hydrogen (secondary N) is 1. The predicted octanol–water partition coefficient (Wildman–Crippen LogP) is 1.27. The lowest BCUT2D eigenvalue weighted by molar-refractivity contribution is -0.120. The third-order valence-corrected chi connectivity index (χ3v) is 2.96. The summed E-state index contributed by atoms with van der Waals surface area (Å²) in [5.74, 6) is 0.0951. The third kappa shape index (κ3) is 5.68. The fourth-order valence-corrected chi connectivity index (χ4v) is 1.83.